The van der Waals surface area contributed by atoms with Gasteiger partial charge in [-0.3, -0.25) is 0 Å². The molecule has 0 atom stereocenters. The standard InChI is InChI=1S/C20H15I2N2O2S/c1-22-17-10-13(9-16(21)18(17)25)7-8-14-11-23-19(24-12-14)20(26)27-15-5-3-2-4-6-15/h2-12,25H,1H3/q-1/b8-7+. The third-order valence-electron chi connectivity index (χ3n) is 3.52. The van der Waals surface area contributed by atoms with Crippen LogP contribution in [0, 0.1) is 7.14 Å². The summed E-state index contributed by atoms with van der Waals surface area (Å²) in [5.41, 5.74) is 1.83. The number of rotatable bonds is 5. The van der Waals surface area contributed by atoms with E-state index in [1.807, 2.05) is 54.6 Å². The topological polar surface area (TPSA) is 63.1 Å². The minimum absolute atomic E-state index is 0.179. The van der Waals surface area contributed by atoms with Gasteiger partial charge in [-0.2, -0.15) is 0 Å². The number of aromatic hydroxyl groups is 1. The van der Waals surface area contributed by atoms with E-state index in [4.69, 9.17) is 0 Å². The Morgan fingerprint density at radius 3 is 2.44 bits per heavy atom. The molecule has 0 amide bonds. The Kier molecular flexibility index (Phi) is 7.25. The Hall–Kier alpha value is -1.46. The van der Waals surface area contributed by atoms with Crippen molar-refractivity contribution in [3.05, 3.63) is 78.9 Å². The summed E-state index contributed by atoms with van der Waals surface area (Å²) in [6.07, 6.45) is 7.14. The molecular formula is C20H15I2N2O2S-. The van der Waals surface area contributed by atoms with Crippen molar-refractivity contribution in [3.63, 3.8) is 0 Å². The van der Waals surface area contributed by atoms with Gasteiger partial charge in [0, 0.05) is 0 Å². The van der Waals surface area contributed by atoms with Crippen LogP contribution < -0.4 is 21.2 Å². The van der Waals surface area contributed by atoms with Crippen LogP contribution in [0.4, 0.5) is 0 Å². The summed E-state index contributed by atoms with van der Waals surface area (Å²) in [6, 6.07) is 13.4. The van der Waals surface area contributed by atoms with Crippen LogP contribution in [0.2, 0.25) is 0 Å². The molecule has 0 aliphatic heterocycles. The van der Waals surface area contributed by atoms with Gasteiger partial charge in [0.05, 0.1) is 0 Å². The number of nitrogens with zero attached hydrogens (tertiary/aromatic N) is 2. The zero-order valence-electron chi connectivity index (χ0n) is 14.3. The summed E-state index contributed by atoms with van der Waals surface area (Å²) in [5.74, 6) is 0.586. The fraction of sp³-hybridized carbons (Fsp3) is 0.0500. The second-order valence-electron chi connectivity index (χ2n) is 5.40. The first-order valence-electron chi connectivity index (χ1n) is 7.86. The van der Waals surface area contributed by atoms with Crippen LogP contribution in [0.25, 0.3) is 12.2 Å². The molecule has 27 heavy (non-hydrogen) atoms. The zero-order valence-corrected chi connectivity index (χ0v) is 19.4. The molecule has 138 valence electrons. The Labute approximate surface area is 185 Å². The van der Waals surface area contributed by atoms with Crippen LogP contribution in [0.1, 0.15) is 21.7 Å². The van der Waals surface area contributed by atoms with E-state index in [-0.39, 0.29) is 32.1 Å². The van der Waals surface area contributed by atoms with Crippen LogP contribution >= 0.6 is 34.4 Å². The number of alkyl halides is 1. The molecule has 0 saturated carbocycles. The summed E-state index contributed by atoms with van der Waals surface area (Å²) in [5, 5.41) is 9.86. The Morgan fingerprint density at radius 2 is 1.78 bits per heavy atom. The van der Waals surface area contributed by atoms with Gasteiger partial charge in [-0.05, 0) is 12.1 Å². The summed E-state index contributed by atoms with van der Waals surface area (Å²) in [4.78, 5) is 23.6. The first-order chi connectivity index (χ1) is 13.1. The SMILES string of the molecule is C[I-]c1cc(/C=C/c2cnc(C(=O)Sc3ccccc3)nc2)cc(I)c1O. The molecule has 3 aromatic rings. The Bertz CT molecular complexity index is 977. The third-order valence-corrected chi connectivity index (χ3v) is 7.20. The molecule has 0 aliphatic rings. The molecule has 0 unspecified atom stereocenters. The summed E-state index contributed by atoms with van der Waals surface area (Å²) in [7, 11) is 0. The molecule has 0 spiro atoms. The van der Waals surface area contributed by atoms with Gasteiger partial charge in [0.25, 0.3) is 0 Å². The Morgan fingerprint density at radius 1 is 1.11 bits per heavy atom. The van der Waals surface area contributed by atoms with Gasteiger partial charge >= 0.3 is 157 Å². The molecular weight excluding hydrogens is 586 g/mol. The molecule has 4 nitrogen and oxygen atoms in total. The Balaban J connectivity index is 1.71. The predicted molar refractivity (Wildman–Crippen MR) is 113 cm³/mol. The summed E-state index contributed by atoms with van der Waals surface area (Å²) in [6.45, 7) is 0. The van der Waals surface area contributed by atoms with E-state index in [1.54, 1.807) is 12.4 Å². The second kappa shape index (κ2) is 9.65. The minimum atomic E-state index is -0.199. The quantitative estimate of drug-likeness (QED) is 0.275. The number of carbonyl (C=O) groups excluding carboxylic acids is 1. The van der Waals surface area contributed by atoms with E-state index in [0.29, 0.717) is 5.75 Å². The van der Waals surface area contributed by atoms with Crippen LogP contribution in [0.5, 0.6) is 5.75 Å². The number of halogens is 2. The van der Waals surface area contributed by atoms with E-state index in [2.05, 4.69) is 37.5 Å². The number of phenols is 1. The average Bonchev–Trinajstić information content (AvgIpc) is 2.70. The van der Waals surface area contributed by atoms with Crippen molar-refractivity contribution < 1.29 is 31.1 Å². The predicted octanol–water partition coefficient (Wildman–Crippen LogP) is 1.78. The second-order valence-corrected chi connectivity index (χ2v) is 9.85. The van der Waals surface area contributed by atoms with Gasteiger partial charge < -0.3 is 0 Å². The van der Waals surface area contributed by atoms with E-state index in [0.717, 1.165) is 34.9 Å². The fourth-order valence-electron chi connectivity index (χ4n) is 2.19. The molecule has 0 fully saturated rings. The van der Waals surface area contributed by atoms with Crippen LogP contribution in [-0.2, 0) is 0 Å². The van der Waals surface area contributed by atoms with Gasteiger partial charge in [-0.1, -0.05) is 18.2 Å². The fourth-order valence-corrected chi connectivity index (χ4v) is 5.53. The first kappa shape index (κ1) is 20.3. The van der Waals surface area contributed by atoms with Crippen LogP contribution in [0.3, 0.4) is 0 Å². The van der Waals surface area contributed by atoms with E-state index in [1.165, 1.54) is 0 Å². The van der Waals surface area contributed by atoms with Crippen LogP contribution in [0.15, 0.2) is 59.8 Å². The van der Waals surface area contributed by atoms with Crippen molar-refractivity contribution in [2.75, 3.05) is 4.93 Å². The number of hydrogen-bond donors (Lipinski definition) is 1. The molecule has 1 heterocycles. The number of carbonyl (C=O) groups is 1. The molecule has 0 radical (unpaired) electrons. The van der Waals surface area contributed by atoms with Crippen molar-refractivity contribution in [3.8, 4) is 5.75 Å². The van der Waals surface area contributed by atoms with Crippen molar-refractivity contribution in [1.82, 2.24) is 9.97 Å². The molecule has 0 bridgehead atoms. The molecule has 2 aromatic carbocycles. The van der Waals surface area contributed by atoms with Crippen LogP contribution in [-0.4, -0.2) is 25.1 Å². The zero-order chi connectivity index (χ0) is 19.2. The molecule has 1 aromatic heterocycles. The number of phenolic OH excluding ortho intramolecular Hbond substituents is 1. The van der Waals surface area contributed by atoms with Gasteiger partial charge in [0.15, 0.2) is 0 Å². The van der Waals surface area contributed by atoms with Crippen molar-refractivity contribution in [2.45, 2.75) is 4.90 Å². The molecule has 3 rings (SSSR count). The normalized spacial score (nSPS) is 11.2. The van der Waals surface area contributed by atoms with E-state index >= 15 is 0 Å². The van der Waals surface area contributed by atoms with Crippen molar-refractivity contribution in [1.29, 1.82) is 0 Å². The average molecular weight is 601 g/mol. The van der Waals surface area contributed by atoms with E-state index < -0.39 is 0 Å². The van der Waals surface area contributed by atoms with Gasteiger partial charge in [-0.15, -0.1) is 0 Å². The van der Waals surface area contributed by atoms with Crippen molar-refractivity contribution in [2.24, 2.45) is 0 Å². The monoisotopic (exact) mass is 601 g/mol. The summed E-state index contributed by atoms with van der Waals surface area (Å²) < 4.78 is 1.87. The number of hydrogen-bond acceptors (Lipinski definition) is 5. The summed E-state index contributed by atoms with van der Waals surface area (Å²) >= 11 is 3.06. The van der Waals surface area contributed by atoms with E-state index in [9.17, 15) is 9.90 Å². The molecule has 0 aliphatic carbocycles. The molecule has 1 N–H and O–H groups in total. The molecule has 0 saturated heterocycles. The van der Waals surface area contributed by atoms with Gasteiger partial charge in [0.1, 0.15) is 0 Å². The first-order valence-corrected chi connectivity index (χ1v) is 13.0. The maximum absolute atomic E-state index is 12.2. The van der Waals surface area contributed by atoms with Gasteiger partial charge in [-0.25, -0.2) is 0 Å². The number of benzene rings is 2. The van der Waals surface area contributed by atoms with Crippen molar-refractivity contribution >= 4 is 51.6 Å². The molecule has 7 heteroatoms. The number of aromatic nitrogens is 2. The number of thioether (sulfide) groups is 1. The third kappa shape index (κ3) is 5.52. The van der Waals surface area contributed by atoms with Gasteiger partial charge in [0.2, 0.25) is 0 Å². The maximum atomic E-state index is 12.2.